The van der Waals surface area contributed by atoms with Crippen LogP contribution in [0.25, 0.3) is 0 Å². The van der Waals surface area contributed by atoms with Gasteiger partial charge in [-0.25, -0.2) is 0 Å². The third kappa shape index (κ3) is 4.29. The van der Waals surface area contributed by atoms with Crippen molar-refractivity contribution < 1.29 is 14.6 Å². The van der Waals surface area contributed by atoms with E-state index in [1.807, 2.05) is 6.07 Å². The number of amides is 1. The molecule has 1 saturated carbocycles. The number of nitrogens with zero attached hydrogens (tertiary/aromatic N) is 1. The molecule has 1 atom stereocenters. The Morgan fingerprint density at radius 1 is 1.26 bits per heavy atom. The van der Waals surface area contributed by atoms with E-state index in [1.165, 1.54) is 0 Å². The maximum absolute atomic E-state index is 12.3. The molecule has 1 aliphatic carbocycles. The van der Waals surface area contributed by atoms with Gasteiger partial charge in [-0.3, -0.25) is 9.78 Å². The Kier molecular flexibility index (Phi) is 4.88. The lowest BCUT2D eigenvalue weighted by atomic mass is 10.1. The van der Waals surface area contributed by atoms with Gasteiger partial charge in [0.15, 0.2) is 0 Å². The molecular weight excluding hydrogens is 292 g/mol. The van der Waals surface area contributed by atoms with Crippen molar-refractivity contribution in [2.24, 2.45) is 5.92 Å². The van der Waals surface area contributed by atoms with Gasteiger partial charge in [0.05, 0.1) is 6.20 Å². The van der Waals surface area contributed by atoms with Gasteiger partial charge < -0.3 is 15.2 Å². The summed E-state index contributed by atoms with van der Waals surface area (Å²) >= 11 is 0. The molecule has 2 N–H and O–H groups in total. The summed E-state index contributed by atoms with van der Waals surface area (Å²) in [6.07, 6.45) is 6.18. The van der Waals surface area contributed by atoms with Crippen LogP contribution in [0.3, 0.4) is 0 Å². The van der Waals surface area contributed by atoms with Crippen LogP contribution < -0.4 is 10.1 Å². The van der Waals surface area contributed by atoms with Crippen LogP contribution in [-0.4, -0.2) is 28.6 Å². The lowest BCUT2D eigenvalue weighted by Gasteiger charge is -2.17. The quantitative estimate of drug-likeness (QED) is 0.824. The number of pyridine rings is 1. The average Bonchev–Trinajstić information content (AvgIpc) is 3.41. The highest BCUT2D eigenvalue weighted by molar-refractivity contribution is 5.94. The molecule has 0 spiro atoms. The number of aliphatic hydroxyl groups excluding tert-OH is 1. The van der Waals surface area contributed by atoms with Crippen LogP contribution in [-0.2, 0) is 0 Å². The van der Waals surface area contributed by atoms with E-state index in [4.69, 9.17) is 9.84 Å². The topological polar surface area (TPSA) is 71.5 Å². The van der Waals surface area contributed by atoms with Gasteiger partial charge in [0.2, 0.25) is 0 Å². The van der Waals surface area contributed by atoms with Crippen LogP contribution in [0.2, 0.25) is 0 Å². The Bertz CT molecular complexity index is 639. The Morgan fingerprint density at radius 3 is 2.65 bits per heavy atom. The number of ether oxygens (including phenoxy) is 1. The van der Waals surface area contributed by atoms with E-state index in [0.717, 1.165) is 12.8 Å². The smallest absolute Gasteiger partial charge is 0.251 e. The minimum Gasteiger partial charge on any atom is -0.456 e. The fourth-order valence-electron chi connectivity index (χ4n) is 2.53. The lowest BCUT2D eigenvalue weighted by molar-refractivity contribution is 0.0924. The first-order valence-corrected chi connectivity index (χ1v) is 7.86. The van der Waals surface area contributed by atoms with E-state index in [1.54, 1.807) is 42.7 Å². The number of aliphatic hydroxyl groups is 1. The molecule has 0 aliphatic heterocycles. The molecule has 1 aromatic heterocycles. The van der Waals surface area contributed by atoms with Gasteiger partial charge in [0.25, 0.3) is 5.91 Å². The second-order valence-corrected chi connectivity index (χ2v) is 5.74. The number of carbonyl (C=O) groups excluding carboxylic acids is 1. The number of nitrogens with one attached hydrogen (secondary N) is 1. The largest absolute Gasteiger partial charge is 0.456 e. The average molecular weight is 312 g/mol. The van der Waals surface area contributed by atoms with Gasteiger partial charge in [0.1, 0.15) is 11.5 Å². The molecule has 5 nitrogen and oxygen atoms in total. The minimum atomic E-state index is -0.108. The first kappa shape index (κ1) is 15.5. The predicted octanol–water partition coefficient (Wildman–Crippen LogP) is 2.76. The molecule has 23 heavy (non-hydrogen) atoms. The second kappa shape index (κ2) is 7.24. The van der Waals surface area contributed by atoms with Gasteiger partial charge in [0, 0.05) is 24.4 Å². The first-order chi connectivity index (χ1) is 11.3. The van der Waals surface area contributed by atoms with Crippen molar-refractivity contribution in [2.75, 3.05) is 6.61 Å². The van der Waals surface area contributed by atoms with Gasteiger partial charge in [-0.05, 0) is 61.6 Å². The molecular formula is C18H20N2O3. The summed E-state index contributed by atoms with van der Waals surface area (Å²) < 4.78 is 5.65. The monoisotopic (exact) mass is 312 g/mol. The molecule has 1 aliphatic rings. The molecule has 120 valence electrons. The molecule has 0 bridgehead atoms. The third-order valence-corrected chi connectivity index (χ3v) is 3.93. The zero-order chi connectivity index (χ0) is 16.1. The molecule has 3 rings (SSSR count). The summed E-state index contributed by atoms with van der Waals surface area (Å²) in [6.45, 7) is 0.0966. The van der Waals surface area contributed by atoms with Crippen LogP contribution in [0.4, 0.5) is 0 Å². The van der Waals surface area contributed by atoms with Crippen molar-refractivity contribution in [3.8, 4) is 11.5 Å². The number of carbonyl (C=O) groups is 1. The standard InChI is InChI=1S/C18H20N2O3/c21-11-9-17(13-3-4-13)20-18(22)14-5-7-15(8-6-14)23-16-2-1-10-19-12-16/h1-2,5-8,10,12-13,17,21H,3-4,9,11H2,(H,20,22). The number of hydrogen-bond donors (Lipinski definition) is 2. The maximum Gasteiger partial charge on any atom is 0.251 e. The summed E-state index contributed by atoms with van der Waals surface area (Å²) in [7, 11) is 0. The maximum atomic E-state index is 12.3. The summed E-state index contributed by atoms with van der Waals surface area (Å²) in [5.41, 5.74) is 0.590. The lowest BCUT2D eigenvalue weighted by Crippen LogP contribution is -2.37. The third-order valence-electron chi connectivity index (χ3n) is 3.93. The molecule has 1 amide bonds. The molecule has 0 saturated heterocycles. The van der Waals surface area contributed by atoms with Gasteiger partial charge in [-0.15, -0.1) is 0 Å². The molecule has 1 aromatic carbocycles. The van der Waals surface area contributed by atoms with E-state index in [2.05, 4.69) is 10.3 Å². The van der Waals surface area contributed by atoms with Gasteiger partial charge in [-0.2, -0.15) is 0 Å². The van der Waals surface area contributed by atoms with Crippen LogP contribution in [0, 0.1) is 5.92 Å². The van der Waals surface area contributed by atoms with E-state index >= 15 is 0 Å². The van der Waals surface area contributed by atoms with Gasteiger partial charge >= 0.3 is 0 Å². The number of rotatable bonds is 7. The zero-order valence-electron chi connectivity index (χ0n) is 12.8. The minimum absolute atomic E-state index is 0.0684. The van der Waals surface area contributed by atoms with E-state index in [0.29, 0.717) is 29.4 Å². The highest BCUT2D eigenvalue weighted by Crippen LogP contribution is 2.34. The Balaban J connectivity index is 1.61. The highest BCUT2D eigenvalue weighted by Gasteiger charge is 2.31. The van der Waals surface area contributed by atoms with Gasteiger partial charge in [-0.1, -0.05) is 0 Å². The SMILES string of the molecule is O=C(NC(CCO)C1CC1)c1ccc(Oc2cccnc2)cc1. The fraction of sp³-hybridized carbons (Fsp3) is 0.333. The van der Waals surface area contributed by atoms with Crippen molar-refractivity contribution in [1.82, 2.24) is 10.3 Å². The van der Waals surface area contributed by atoms with Crippen molar-refractivity contribution >= 4 is 5.91 Å². The number of aromatic nitrogens is 1. The van der Waals surface area contributed by atoms with E-state index in [9.17, 15) is 4.79 Å². The second-order valence-electron chi connectivity index (χ2n) is 5.74. The Labute approximate surface area is 135 Å². The van der Waals surface area contributed by atoms with Crippen LogP contribution >= 0.6 is 0 Å². The summed E-state index contributed by atoms with van der Waals surface area (Å²) in [5.74, 6) is 1.72. The summed E-state index contributed by atoms with van der Waals surface area (Å²) in [4.78, 5) is 16.3. The summed E-state index contributed by atoms with van der Waals surface area (Å²) in [6, 6.07) is 10.7. The molecule has 5 heteroatoms. The zero-order valence-corrected chi connectivity index (χ0v) is 12.8. The van der Waals surface area contributed by atoms with Crippen molar-refractivity contribution in [2.45, 2.75) is 25.3 Å². The number of hydrogen-bond acceptors (Lipinski definition) is 4. The predicted molar refractivity (Wildman–Crippen MR) is 86.4 cm³/mol. The first-order valence-electron chi connectivity index (χ1n) is 7.86. The van der Waals surface area contributed by atoms with E-state index in [-0.39, 0.29) is 18.6 Å². The fourth-order valence-corrected chi connectivity index (χ4v) is 2.53. The van der Waals surface area contributed by atoms with Crippen molar-refractivity contribution in [3.05, 3.63) is 54.4 Å². The Hall–Kier alpha value is -2.40. The molecule has 1 heterocycles. The number of benzene rings is 1. The molecule has 1 fully saturated rings. The van der Waals surface area contributed by atoms with E-state index < -0.39 is 0 Å². The normalized spacial score (nSPS) is 15.0. The Morgan fingerprint density at radius 2 is 2.04 bits per heavy atom. The molecule has 0 radical (unpaired) electrons. The molecule has 2 aromatic rings. The van der Waals surface area contributed by atoms with Crippen molar-refractivity contribution in [3.63, 3.8) is 0 Å². The van der Waals surface area contributed by atoms with Crippen LogP contribution in [0.1, 0.15) is 29.6 Å². The highest BCUT2D eigenvalue weighted by atomic mass is 16.5. The van der Waals surface area contributed by atoms with Crippen LogP contribution in [0.5, 0.6) is 11.5 Å². The summed E-state index contributed by atoms with van der Waals surface area (Å²) in [5, 5.41) is 12.1. The molecule has 1 unspecified atom stereocenters. The van der Waals surface area contributed by atoms with Crippen molar-refractivity contribution in [1.29, 1.82) is 0 Å². The van der Waals surface area contributed by atoms with Crippen LogP contribution in [0.15, 0.2) is 48.8 Å².